The molecule has 0 aromatic carbocycles. The third-order valence-electron chi connectivity index (χ3n) is 9.19. The van der Waals surface area contributed by atoms with E-state index in [-0.39, 0.29) is 23.9 Å². The molecule has 6 heteroatoms. The molecule has 0 spiro atoms. The summed E-state index contributed by atoms with van der Waals surface area (Å²) in [4.78, 5) is 34.1. The van der Waals surface area contributed by atoms with Gasteiger partial charge >= 0.3 is 0 Å². The summed E-state index contributed by atoms with van der Waals surface area (Å²) < 4.78 is 0. The Kier molecular flexibility index (Phi) is 6.26. The Hall–Kier alpha value is -1.56. The first-order valence-corrected chi connectivity index (χ1v) is 13.3. The molecule has 3 aliphatic heterocycles. The summed E-state index contributed by atoms with van der Waals surface area (Å²) >= 11 is 0. The van der Waals surface area contributed by atoms with Crippen molar-refractivity contribution in [1.82, 2.24) is 20.0 Å². The van der Waals surface area contributed by atoms with E-state index in [9.17, 15) is 9.59 Å². The van der Waals surface area contributed by atoms with Crippen molar-refractivity contribution in [1.29, 1.82) is 0 Å². The lowest BCUT2D eigenvalue weighted by Crippen LogP contribution is -2.56. The highest BCUT2D eigenvalue weighted by Gasteiger charge is 2.55. The van der Waals surface area contributed by atoms with Crippen LogP contribution in [0.4, 0.5) is 0 Å². The SMILES string of the molecule is CC1C2CCCCC2N2C(C(=O)NC[C@@H]3CCCN3C(C)C)=CN(C3CCCC3)C(=O)C12. The third kappa shape index (κ3) is 3.76. The zero-order valence-electron chi connectivity index (χ0n) is 20.3. The van der Waals surface area contributed by atoms with Crippen LogP contribution in [0.5, 0.6) is 0 Å². The van der Waals surface area contributed by atoms with E-state index >= 15 is 0 Å². The van der Waals surface area contributed by atoms with Crippen molar-refractivity contribution in [2.45, 2.75) is 115 Å². The Balaban J connectivity index is 1.40. The molecule has 3 heterocycles. The monoisotopic (exact) mass is 442 g/mol. The van der Waals surface area contributed by atoms with Crippen LogP contribution in [-0.4, -0.2) is 69.8 Å². The fourth-order valence-corrected chi connectivity index (χ4v) is 7.58. The van der Waals surface area contributed by atoms with Gasteiger partial charge in [0.15, 0.2) is 0 Å². The average molecular weight is 443 g/mol. The molecule has 0 radical (unpaired) electrons. The van der Waals surface area contributed by atoms with E-state index in [1.54, 1.807) is 0 Å². The molecule has 4 fully saturated rings. The molecule has 0 bridgehead atoms. The molecule has 1 N–H and O–H groups in total. The van der Waals surface area contributed by atoms with E-state index in [0.29, 0.717) is 36.5 Å². The molecule has 2 aliphatic carbocycles. The van der Waals surface area contributed by atoms with E-state index in [2.05, 4.69) is 35.9 Å². The van der Waals surface area contributed by atoms with Gasteiger partial charge in [-0.15, -0.1) is 0 Å². The Morgan fingerprint density at radius 3 is 2.53 bits per heavy atom. The van der Waals surface area contributed by atoms with Crippen LogP contribution in [0.2, 0.25) is 0 Å². The van der Waals surface area contributed by atoms with Gasteiger partial charge in [0.05, 0.1) is 0 Å². The Labute approximate surface area is 193 Å². The molecule has 5 rings (SSSR count). The summed E-state index contributed by atoms with van der Waals surface area (Å²) in [7, 11) is 0. The number of nitrogens with one attached hydrogen (secondary N) is 1. The lowest BCUT2D eigenvalue weighted by molar-refractivity contribution is -0.138. The molecule has 0 aromatic heterocycles. The lowest BCUT2D eigenvalue weighted by atomic mass is 9.79. The van der Waals surface area contributed by atoms with Crippen molar-refractivity contribution in [3.05, 3.63) is 11.9 Å². The van der Waals surface area contributed by atoms with E-state index in [4.69, 9.17) is 0 Å². The number of likely N-dealkylation sites (tertiary alicyclic amines) is 1. The van der Waals surface area contributed by atoms with Crippen LogP contribution in [0.3, 0.4) is 0 Å². The summed E-state index contributed by atoms with van der Waals surface area (Å²) in [6.45, 7) is 8.58. The van der Waals surface area contributed by atoms with Crippen LogP contribution in [-0.2, 0) is 9.59 Å². The first-order valence-electron chi connectivity index (χ1n) is 13.3. The van der Waals surface area contributed by atoms with Gasteiger partial charge < -0.3 is 15.1 Å². The Morgan fingerprint density at radius 2 is 1.78 bits per heavy atom. The highest BCUT2D eigenvalue weighted by Crippen LogP contribution is 2.48. The van der Waals surface area contributed by atoms with Gasteiger partial charge in [0, 0.05) is 36.9 Å². The standard InChI is InChI=1S/C26H42N4O2/c1-17(2)28-14-8-11-20(28)15-27-25(31)23-16-29(19-9-4-5-10-19)26(32)24-18(3)21-12-6-7-13-22(21)30(23)24/h16-22,24H,4-15H2,1-3H3,(H,27,31)/t18?,20-,21?,22?,24?/m0/s1. The van der Waals surface area contributed by atoms with Crippen molar-refractivity contribution < 1.29 is 9.59 Å². The number of hydrogen-bond donors (Lipinski definition) is 1. The predicted molar refractivity (Wildman–Crippen MR) is 126 cm³/mol. The molecule has 2 amide bonds. The van der Waals surface area contributed by atoms with Gasteiger partial charge in [-0.05, 0) is 70.8 Å². The van der Waals surface area contributed by atoms with Gasteiger partial charge in [0.25, 0.3) is 5.91 Å². The van der Waals surface area contributed by atoms with Gasteiger partial charge in [-0.2, -0.15) is 0 Å². The van der Waals surface area contributed by atoms with E-state index in [1.165, 1.54) is 38.5 Å². The van der Waals surface area contributed by atoms with Crippen LogP contribution in [0.1, 0.15) is 85.0 Å². The van der Waals surface area contributed by atoms with Crippen LogP contribution in [0, 0.1) is 11.8 Å². The van der Waals surface area contributed by atoms with Gasteiger partial charge in [-0.3, -0.25) is 14.5 Å². The maximum Gasteiger partial charge on any atom is 0.269 e. The molecular weight excluding hydrogens is 400 g/mol. The van der Waals surface area contributed by atoms with Crippen molar-refractivity contribution in [3.63, 3.8) is 0 Å². The highest BCUT2D eigenvalue weighted by atomic mass is 16.2. The summed E-state index contributed by atoms with van der Waals surface area (Å²) in [5.74, 6) is 1.12. The summed E-state index contributed by atoms with van der Waals surface area (Å²) in [6.07, 6.45) is 13.6. The van der Waals surface area contributed by atoms with Crippen LogP contribution in [0.25, 0.3) is 0 Å². The molecule has 4 unspecified atom stereocenters. The van der Waals surface area contributed by atoms with E-state index < -0.39 is 0 Å². The van der Waals surface area contributed by atoms with Gasteiger partial charge in [-0.25, -0.2) is 0 Å². The van der Waals surface area contributed by atoms with Crippen LogP contribution < -0.4 is 5.32 Å². The minimum Gasteiger partial charge on any atom is -0.350 e. The zero-order chi connectivity index (χ0) is 22.4. The van der Waals surface area contributed by atoms with E-state index in [1.807, 2.05) is 11.1 Å². The molecule has 32 heavy (non-hydrogen) atoms. The van der Waals surface area contributed by atoms with Crippen molar-refractivity contribution in [2.75, 3.05) is 13.1 Å². The van der Waals surface area contributed by atoms with Crippen molar-refractivity contribution in [2.24, 2.45) is 11.8 Å². The Bertz CT molecular complexity index is 759. The quantitative estimate of drug-likeness (QED) is 0.708. The maximum absolute atomic E-state index is 13.7. The fraction of sp³-hybridized carbons (Fsp3) is 0.846. The maximum atomic E-state index is 13.7. The second-order valence-electron chi connectivity index (χ2n) is 11.3. The molecule has 0 aromatic rings. The average Bonchev–Trinajstić information content (AvgIpc) is 3.53. The smallest absolute Gasteiger partial charge is 0.269 e. The second-order valence-corrected chi connectivity index (χ2v) is 11.3. The molecule has 178 valence electrons. The fourth-order valence-electron chi connectivity index (χ4n) is 7.58. The molecular formula is C26H42N4O2. The van der Waals surface area contributed by atoms with Crippen molar-refractivity contribution in [3.8, 4) is 0 Å². The summed E-state index contributed by atoms with van der Waals surface area (Å²) in [6, 6.07) is 1.39. The molecule has 5 aliphatic rings. The van der Waals surface area contributed by atoms with Crippen molar-refractivity contribution >= 4 is 11.8 Å². The first kappa shape index (κ1) is 22.2. The molecule has 5 atom stereocenters. The summed E-state index contributed by atoms with van der Waals surface area (Å²) in [5.41, 5.74) is 0.761. The number of hydrogen-bond acceptors (Lipinski definition) is 4. The zero-order valence-corrected chi connectivity index (χ0v) is 20.3. The lowest BCUT2D eigenvalue weighted by Gasteiger charge is -2.43. The number of carbonyl (C=O) groups excluding carboxylic acids is 2. The summed E-state index contributed by atoms with van der Waals surface area (Å²) in [5, 5.41) is 3.30. The van der Waals surface area contributed by atoms with Gasteiger partial charge in [-0.1, -0.05) is 32.6 Å². The normalized spacial score (nSPS) is 35.9. The predicted octanol–water partition coefficient (Wildman–Crippen LogP) is 3.48. The Morgan fingerprint density at radius 1 is 1.06 bits per heavy atom. The highest BCUT2D eigenvalue weighted by molar-refractivity contribution is 5.97. The van der Waals surface area contributed by atoms with E-state index in [0.717, 1.165) is 37.9 Å². The third-order valence-corrected chi connectivity index (χ3v) is 9.19. The number of amides is 2. The minimum atomic E-state index is -0.159. The molecule has 6 nitrogen and oxygen atoms in total. The van der Waals surface area contributed by atoms with Gasteiger partial charge in [0.2, 0.25) is 5.91 Å². The number of fused-ring (bicyclic) bond motifs is 3. The molecule has 2 saturated heterocycles. The topological polar surface area (TPSA) is 55.9 Å². The number of rotatable bonds is 5. The van der Waals surface area contributed by atoms with Gasteiger partial charge in [0.1, 0.15) is 11.7 Å². The van der Waals surface area contributed by atoms with Crippen LogP contribution >= 0.6 is 0 Å². The second kappa shape index (κ2) is 9.00. The van der Waals surface area contributed by atoms with Crippen LogP contribution in [0.15, 0.2) is 11.9 Å². The first-order chi connectivity index (χ1) is 15.5. The minimum absolute atomic E-state index is 0.0273. The molecule has 2 saturated carbocycles. The number of nitrogens with zero attached hydrogens (tertiary/aromatic N) is 3. The number of carbonyl (C=O) groups is 2. The largest absolute Gasteiger partial charge is 0.350 e.